The molecular formula is C30H33N3O4S2. The van der Waals surface area contributed by atoms with Crippen LogP contribution < -0.4 is 4.90 Å². The van der Waals surface area contributed by atoms with Crippen molar-refractivity contribution in [1.82, 2.24) is 9.29 Å². The molecule has 3 aromatic carbocycles. The Morgan fingerprint density at radius 2 is 1.82 bits per heavy atom. The van der Waals surface area contributed by atoms with Crippen LogP contribution >= 0.6 is 11.3 Å². The summed E-state index contributed by atoms with van der Waals surface area (Å²) in [6.45, 7) is 7.61. The van der Waals surface area contributed by atoms with Crippen LogP contribution in [0, 0.1) is 13.8 Å². The van der Waals surface area contributed by atoms with Crippen molar-refractivity contribution in [2.45, 2.75) is 51.2 Å². The first-order valence-electron chi connectivity index (χ1n) is 13.2. The largest absolute Gasteiger partial charge is 0.376 e. The lowest BCUT2D eigenvalue weighted by molar-refractivity contribution is 0.0917. The number of amides is 1. The monoisotopic (exact) mass is 563 g/mol. The minimum atomic E-state index is -3.73. The van der Waals surface area contributed by atoms with Crippen LogP contribution in [0.3, 0.4) is 0 Å². The summed E-state index contributed by atoms with van der Waals surface area (Å²) in [7, 11) is -3.73. The summed E-state index contributed by atoms with van der Waals surface area (Å²) in [6.07, 6.45) is 1.80. The molecule has 1 aliphatic rings. The van der Waals surface area contributed by atoms with E-state index in [0.29, 0.717) is 30.4 Å². The first-order chi connectivity index (χ1) is 18.8. The summed E-state index contributed by atoms with van der Waals surface area (Å²) < 4.78 is 35.1. The Hall–Kier alpha value is -3.11. The summed E-state index contributed by atoms with van der Waals surface area (Å²) in [5.41, 5.74) is 4.44. The second-order valence-corrected chi connectivity index (χ2v) is 12.9. The number of aromatic nitrogens is 1. The molecule has 0 radical (unpaired) electrons. The lowest BCUT2D eigenvalue weighted by Gasteiger charge is -2.23. The van der Waals surface area contributed by atoms with E-state index in [2.05, 4.69) is 19.1 Å². The van der Waals surface area contributed by atoms with Gasteiger partial charge < -0.3 is 4.74 Å². The van der Waals surface area contributed by atoms with Crippen LogP contribution in [-0.2, 0) is 21.3 Å². The Labute approximate surface area is 234 Å². The predicted molar refractivity (Wildman–Crippen MR) is 156 cm³/mol. The molecule has 2 heterocycles. The number of hydrogen-bond acceptors (Lipinski definition) is 6. The molecule has 5 rings (SSSR count). The number of nitrogens with zero attached hydrogens (tertiary/aromatic N) is 3. The summed E-state index contributed by atoms with van der Waals surface area (Å²) in [4.78, 5) is 20.5. The van der Waals surface area contributed by atoms with E-state index in [0.717, 1.165) is 39.7 Å². The van der Waals surface area contributed by atoms with Gasteiger partial charge in [-0.25, -0.2) is 13.4 Å². The molecule has 1 fully saturated rings. The highest BCUT2D eigenvalue weighted by Gasteiger charge is 2.28. The molecule has 1 saturated heterocycles. The number of rotatable bonds is 9. The second kappa shape index (κ2) is 11.6. The van der Waals surface area contributed by atoms with E-state index < -0.39 is 10.0 Å². The van der Waals surface area contributed by atoms with Gasteiger partial charge in [-0.15, -0.1) is 0 Å². The molecule has 1 amide bonds. The van der Waals surface area contributed by atoms with Crippen LogP contribution in [0.15, 0.2) is 71.6 Å². The summed E-state index contributed by atoms with van der Waals surface area (Å²) in [5, 5.41) is 0.621. The number of ether oxygens (including phenoxy) is 1. The van der Waals surface area contributed by atoms with Gasteiger partial charge in [0.1, 0.15) is 0 Å². The SMILES string of the molecule is CCN(Cc1ccccc1)S(=O)(=O)c1ccc(C(=O)N(CC2CCCO2)c2nc3c(C)cc(C)cc3s2)cc1. The van der Waals surface area contributed by atoms with Gasteiger partial charge in [-0.1, -0.05) is 54.7 Å². The van der Waals surface area contributed by atoms with Crippen LogP contribution in [0.2, 0.25) is 0 Å². The number of thiazole rings is 1. The highest BCUT2D eigenvalue weighted by Crippen LogP contribution is 2.33. The first kappa shape index (κ1) is 27.5. The third-order valence-electron chi connectivity index (χ3n) is 7.00. The molecule has 1 unspecified atom stereocenters. The number of benzene rings is 3. The van der Waals surface area contributed by atoms with Gasteiger partial charge >= 0.3 is 0 Å². The highest BCUT2D eigenvalue weighted by atomic mass is 32.2. The average molecular weight is 564 g/mol. The normalized spacial score (nSPS) is 15.7. The molecule has 204 valence electrons. The lowest BCUT2D eigenvalue weighted by Crippen LogP contribution is -2.37. The third kappa shape index (κ3) is 5.91. The van der Waals surface area contributed by atoms with Crippen LogP contribution in [-0.4, -0.2) is 49.4 Å². The maximum Gasteiger partial charge on any atom is 0.260 e. The molecule has 0 aliphatic carbocycles. The molecule has 4 aromatic rings. The molecule has 1 aliphatic heterocycles. The third-order valence-corrected chi connectivity index (χ3v) is 9.96. The van der Waals surface area contributed by atoms with Crippen molar-refractivity contribution in [1.29, 1.82) is 0 Å². The maximum atomic E-state index is 13.8. The number of fused-ring (bicyclic) bond motifs is 1. The zero-order valence-electron chi connectivity index (χ0n) is 22.5. The van der Waals surface area contributed by atoms with Crippen LogP contribution in [0.5, 0.6) is 0 Å². The van der Waals surface area contributed by atoms with Gasteiger partial charge in [0.2, 0.25) is 10.0 Å². The van der Waals surface area contributed by atoms with E-state index >= 15 is 0 Å². The van der Waals surface area contributed by atoms with Gasteiger partial charge in [-0.05, 0) is 73.7 Å². The van der Waals surface area contributed by atoms with E-state index in [1.165, 1.54) is 27.8 Å². The van der Waals surface area contributed by atoms with Crippen molar-refractivity contribution < 1.29 is 17.9 Å². The van der Waals surface area contributed by atoms with Gasteiger partial charge in [-0.2, -0.15) is 4.31 Å². The Morgan fingerprint density at radius 3 is 2.49 bits per heavy atom. The lowest BCUT2D eigenvalue weighted by atomic mass is 10.1. The van der Waals surface area contributed by atoms with Gasteiger partial charge in [-0.3, -0.25) is 9.69 Å². The minimum absolute atomic E-state index is 0.0560. The first-order valence-corrected chi connectivity index (χ1v) is 15.5. The fourth-order valence-corrected chi connectivity index (χ4v) is 7.53. The summed E-state index contributed by atoms with van der Waals surface area (Å²) >= 11 is 1.49. The van der Waals surface area contributed by atoms with Gasteiger partial charge in [0.25, 0.3) is 5.91 Å². The van der Waals surface area contributed by atoms with Crippen molar-refractivity contribution in [2.75, 3.05) is 24.6 Å². The zero-order valence-corrected chi connectivity index (χ0v) is 24.1. The van der Waals surface area contributed by atoms with Crippen molar-refractivity contribution in [3.05, 3.63) is 89.0 Å². The van der Waals surface area contributed by atoms with Crippen LogP contribution in [0.25, 0.3) is 10.2 Å². The topological polar surface area (TPSA) is 79.8 Å². The van der Waals surface area contributed by atoms with Crippen LogP contribution in [0.4, 0.5) is 5.13 Å². The second-order valence-electron chi connectivity index (χ2n) is 9.92. The molecule has 7 nitrogen and oxygen atoms in total. The van der Waals surface area contributed by atoms with Crippen molar-refractivity contribution in [2.24, 2.45) is 0 Å². The Kier molecular flexibility index (Phi) is 8.13. The van der Waals surface area contributed by atoms with E-state index in [1.807, 2.05) is 44.2 Å². The predicted octanol–water partition coefficient (Wildman–Crippen LogP) is 5.95. The van der Waals surface area contributed by atoms with Crippen molar-refractivity contribution in [3.63, 3.8) is 0 Å². The average Bonchev–Trinajstić information content (AvgIpc) is 3.60. The highest BCUT2D eigenvalue weighted by molar-refractivity contribution is 7.89. The van der Waals surface area contributed by atoms with Gasteiger partial charge in [0.05, 0.1) is 27.8 Å². The number of sulfonamides is 1. The Morgan fingerprint density at radius 1 is 1.08 bits per heavy atom. The van der Waals surface area contributed by atoms with Crippen molar-refractivity contribution >= 4 is 42.6 Å². The fourth-order valence-electron chi connectivity index (χ4n) is 4.94. The number of aryl methyl sites for hydroxylation is 2. The maximum absolute atomic E-state index is 13.8. The quantitative estimate of drug-likeness (QED) is 0.251. The molecular weight excluding hydrogens is 530 g/mol. The van der Waals surface area contributed by atoms with Gasteiger partial charge in [0, 0.05) is 25.3 Å². The standard InChI is InChI=1S/C30H33N3O4S2/c1-4-32(19-23-9-6-5-7-10-23)39(35,36)26-14-12-24(13-15-26)29(34)33(20-25-11-8-16-37-25)30-31-28-22(3)17-21(2)18-27(28)38-30/h5-7,9-10,12-15,17-18,25H,4,8,11,16,19-20H2,1-3H3. The molecule has 9 heteroatoms. The van der Waals surface area contributed by atoms with E-state index in [-0.39, 0.29) is 23.5 Å². The fraction of sp³-hybridized carbons (Fsp3) is 0.333. The Bertz CT molecular complexity index is 1560. The molecule has 0 N–H and O–H groups in total. The van der Waals surface area contributed by atoms with E-state index in [9.17, 15) is 13.2 Å². The molecule has 0 spiro atoms. The minimum Gasteiger partial charge on any atom is -0.376 e. The zero-order chi connectivity index (χ0) is 27.6. The number of anilines is 1. The smallest absolute Gasteiger partial charge is 0.260 e. The molecule has 1 atom stereocenters. The number of carbonyl (C=O) groups is 1. The molecule has 1 aromatic heterocycles. The van der Waals surface area contributed by atoms with Crippen molar-refractivity contribution in [3.8, 4) is 0 Å². The van der Waals surface area contributed by atoms with Gasteiger partial charge in [0.15, 0.2) is 5.13 Å². The van der Waals surface area contributed by atoms with E-state index in [4.69, 9.17) is 9.72 Å². The number of hydrogen-bond donors (Lipinski definition) is 0. The molecule has 39 heavy (non-hydrogen) atoms. The summed E-state index contributed by atoms with van der Waals surface area (Å²) in [6, 6.07) is 19.9. The molecule has 0 saturated carbocycles. The Balaban J connectivity index is 1.43. The number of carbonyl (C=O) groups excluding carboxylic acids is 1. The van der Waals surface area contributed by atoms with E-state index in [1.54, 1.807) is 17.0 Å². The molecule has 0 bridgehead atoms. The summed E-state index contributed by atoms with van der Waals surface area (Å²) in [5.74, 6) is -0.223. The van der Waals surface area contributed by atoms with Crippen LogP contribution in [0.1, 0.15) is 46.8 Å².